The van der Waals surface area contributed by atoms with Crippen molar-refractivity contribution in [1.29, 1.82) is 0 Å². The lowest BCUT2D eigenvalue weighted by atomic mass is 10.1. The van der Waals surface area contributed by atoms with Gasteiger partial charge >= 0.3 is 5.56 Å². The van der Waals surface area contributed by atoms with Crippen LogP contribution in [-0.4, -0.2) is 29.2 Å². The van der Waals surface area contributed by atoms with E-state index in [9.17, 15) is 4.79 Å². The second kappa shape index (κ2) is 5.31. The Morgan fingerprint density at radius 2 is 2.47 bits per heavy atom. The molecule has 1 fully saturated rings. The van der Waals surface area contributed by atoms with Crippen LogP contribution in [-0.2, 0) is 0 Å². The Kier molecular flexibility index (Phi) is 3.78. The minimum atomic E-state index is -0.145. The Balaban J connectivity index is 2.05. The van der Waals surface area contributed by atoms with Crippen LogP contribution in [0.3, 0.4) is 0 Å². The van der Waals surface area contributed by atoms with E-state index < -0.39 is 0 Å². The Morgan fingerprint density at radius 3 is 3.12 bits per heavy atom. The van der Waals surface area contributed by atoms with Gasteiger partial charge in [-0.2, -0.15) is 0 Å². The first-order chi connectivity index (χ1) is 8.18. The topological polar surface area (TPSA) is 56.1 Å². The molecule has 1 aliphatic rings. The molecule has 1 saturated heterocycles. The molecule has 1 aromatic rings. The number of rotatable bonds is 4. The summed E-state index contributed by atoms with van der Waals surface area (Å²) in [5, 5.41) is 3.27. The number of ether oxygens (including phenoxy) is 1. The molecule has 0 aliphatic carbocycles. The average molecular weight is 237 g/mol. The maximum atomic E-state index is 12.0. The maximum absolute atomic E-state index is 12.0. The highest BCUT2D eigenvalue weighted by Crippen LogP contribution is 2.09. The lowest BCUT2D eigenvalue weighted by molar-refractivity contribution is 0.244. The van der Waals surface area contributed by atoms with E-state index in [0.717, 1.165) is 19.5 Å². The van der Waals surface area contributed by atoms with E-state index in [4.69, 9.17) is 4.74 Å². The SMILES string of the molecule is CC(C)n1ccnc(OCC2CCNC2)c1=O. The minimum absolute atomic E-state index is 0.126. The summed E-state index contributed by atoms with van der Waals surface area (Å²) in [7, 11) is 0. The van der Waals surface area contributed by atoms with Crippen molar-refractivity contribution in [2.24, 2.45) is 5.92 Å². The lowest BCUT2D eigenvalue weighted by Crippen LogP contribution is -2.26. The van der Waals surface area contributed by atoms with Gasteiger partial charge in [0.1, 0.15) is 0 Å². The molecular weight excluding hydrogens is 218 g/mol. The minimum Gasteiger partial charge on any atom is -0.473 e. The van der Waals surface area contributed by atoms with Gasteiger partial charge in [-0.15, -0.1) is 0 Å². The van der Waals surface area contributed by atoms with Crippen molar-refractivity contribution in [3.8, 4) is 5.88 Å². The molecule has 0 radical (unpaired) electrons. The van der Waals surface area contributed by atoms with E-state index in [1.807, 2.05) is 13.8 Å². The summed E-state index contributed by atoms with van der Waals surface area (Å²) in [4.78, 5) is 16.0. The van der Waals surface area contributed by atoms with E-state index >= 15 is 0 Å². The zero-order chi connectivity index (χ0) is 12.3. The third-order valence-corrected chi connectivity index (χ3v) is 3.01. The highest BCUT2D eigenvalue weighted by molar-refractivity contribution is 5.05. The van der Waals surface area contributed by atoms with Gasteiger partial charge in [-0.1, -0.05) is 0 Å². The van der Waals surface area contributed by atoms with Crippen LogP contribution in [0.2, 0.25) is 0 Å². The van der Waals surface area contributed by atoms with E-state index in [0.29, 0.717) is 12.5 Å². The second-order valence-corrected chi connectivity index (χ2v) is 4.71. The first-order valence-corrected chi connectivity index (χ1v) is 6.09. The fourth-order valence-corrected chi connectivity index (χ4v) is 1.97. The molecule has 0 amide bonds. The first-order valence-electron chi connectivity index (χ1n) is 6.09. The summed E-state index contributed by atoms with van der Waals surface area (Å²) in [6.45, 7) is 6.49. The molecule has 0 spiro atoms. The van der Waals surface area contributed by atoms with Crippen molar-refractivity contribution >= 4 is 0 Å². The molecule has 0 aromatic carbocycles. The third-order valence-electron chi connectivity index (χ3n) is 3.01. The third kappa shape index (κ3) is 2.85. The molecule has 0 saturated carbocycles. The quantitative estimate of drug-likeness (QED) is 0.842. The zero-order valence-corrected chi connectivity index (χ0v) is 10.3. The fourth-order valence-electron chi connectivity index (χ4n) is 1.97. The predicted molar refractivity (Wildman–Crippen MR) is 65.4 cm³/mol. The Bertz CT molecular complexity index is 422. The highest BCUT2D eigenvalue weighted by atomic mass is 16.5. The standard InChI is InChI=1S/C12H19N3O2/c1-9(2)15-6-5-14-11(12(15)16)17-8-10-3-4-13-7-10/h5-6,9-10,13H,3-4,7-8H2,1-2H3. The number of hydrogen-bond donors (Lipinski definition) is 1. The maximum Gasteiger partial charge on any atom is 0.313 e. The fraction of sp³-hybridized carbons (Fsp3) is 0.667. The van der Waals surface area contributed by atoms with E-state index in [-0.39, 0.29) is 17.5 Å². The molecule has 0 bridgehead atoms. The zero-order valence-electron chi connectivity index (χ0n) is 10.3. The van der Waals surface area contributed by atoms with Crippen LogP contribution in [0.15, 0.2) is 17.2 Å². The van der Waals surface area contributed by atoms with Gasteiger partial charge in [-0.25, -0.2) is 4.98 Å². The van der Waals surface area contributed by atoms with Crippen LogP contribution >= 0.6 is 0 Å². The van der Waals surface area contributed by atoms with Crippen LogP contribution in [0, 0.1) is 5.92 Å². The molecule has 1 atom stereocenters. The summed E-state index contributed by atoms with van der Waals surface area (Å²) < 4.78 is 7.16. The molecule has 94 valence electrons. The normalized spacial score (nSPS) is 19.8. The molecule has 2 rings (SSSR count). The molecule has 1 aromatic heterocycles. The number of nitrogens with one attached hydrogen (secondary N) is 1. The summed E-state index contributed by atoms with van der Waals surface area (Å²) >= 11 is 0. The van der Waals surface area contributed by atoms with Crippen molar-refractivity contribution in [1.82, 2.24) is 14.9 Å². The van der Waals surface area contributed by atoms with Crippen molar-refractivity contribution in [2.45, 2.75) is 26.3 Å². The molecule has 5 nitrogen and oxygen atoms in total. The van der Waals surface area contributed by atoms with Crippen molar-refractivity contribution in [3.05, 3.63) is 22.7 Å². The summed E-state index contributed by atoms with van der Waals surface area (Å²) in [6.07, 6.45) is 4.41. The molecule has 1 unspecified atom stereocenters. The van der Waals surface area contributed by atoms with Crippen LogP contribution < -0.4 is 15.6 Å². The molecule has 17 heavy (non-hydrogen) atoms. The van der Waals surface area contributed by atoms with Gasteiger partial charge < -0.3 is 14.6 Å². The van der Waals surface area contributed by atoms with E-state index in [1.165, 1.54) is 0 Å². The van der Waals surface area contributed by atoms with Gasteiger partial charge in [-0.05, 0) is 26.8 Å². The molecule has 5 heteroatoms. The first kappa shape index (κ1) is 12.1. The number of nitrogens with zero attached hydrogens (tertiary/aromatic N) is 2. The Hall–Kier alpha value is -1.36. The van der Waals surface area contributed by atoms with Gasteiger partial charge in [0.05, 0.1) is 6.61 Å². The summed E-state index contributed by atoms with van der Waals surface area (Å²) in [5.74, 6) is 0.706. The molecular formula is C12H19N3O2. The largest absolute Gasteiger partial charge is 0.473 e. The van der Waals surface area contributed by atoms with E-state index in [1.54, 1.807) is 17.0 Å². The van der Waals surface area contributed by atoms with Gasteiger partial charge in [0.2, 0.25) is 0 Å². The van der Waals surface area contributed by atoms with Crippen LogP contribution in [0.25, 0.3) is 0 Å². The average Bonchev–Trinajstić information content (AvgIpc) is 2.80. The monoisotopic (exact) mass is 237 g/mol. The van der Waals surface area contributed by atoms with Gasteiger partial charge in [0.15, 0.2) is 0 Å². The van der Waals surface area contributed by atoms with Gasteiger partial charge in [-0.3, -0.25) is 4.79 Å². The van der Waals surface area contributed by atoms with Crippen LogP contribution in [0.1, 0.15) is 26.3 Å². The van der Waals surface area contributed by atoms with E-state index in [2.05, 4.69) is 10.3 Å². The number of aromatic nitrogens is 2. The second-order valence-electron chi connectivity index (χ2n) is 4.71. The molecule has 1 aliphatic heterocycles. The lowest BCUT2D eigenvalue weighted by Gasteiger charge is -2.12. The summed E-state index contributed by atoms with van der Waals surface area (Å²) in [5.41, 5.74) is -0.145. The Labute approximate surface area is 101 Å². The van der Waals surface area contributed by atoms with Crippen molar-refractivity contribution in [2.75, 3.05) is 19.7 Å². The van der Waals surface area contributed by atoms with Gasteiger partial charge in [0, 0.05) is 30.9 Å². The van der Waals surface area contributed by atoms with Crippen molar-refractivity contribution in [3.63, 3.8) is 0 Å². The predicted octanol–water partition coefficient (Wildman–Crippen LogP) is 0.812. The van der Waals surface area contributed by atoms with Crippen molar-refractivity contribution < 1.29 is 4.74 Å². The van der Waals surface area contributed by atoms with Gasteiger partial charge in [0.25, 0.3) is 5.88 Å². The van der Waals surface area contributed by atoms with Crippen LogP contribution in [0.5, 0.6) is 5.88 Å². The number of hydrogen-bond acceptors (Lipinski definition) is 4. The molecule has 1 N–H and O–H groups in total. The molecule has 2 heterocycles. The highest BCUT2D eigenvalue weighted by Gasteiger charge is 2.16. The summed E-state index contributed by atoms with van der Waals surface area (Å²) in [6, 6.07) is 0.126. The Morgan fingerprint density at radius 1 is 1.65 bits per heavy atom. The van der Waals surface area contributed by atoms with Crippen LogP contribution in [0.4, 0.5) is 0 Å². The smallest absolute Gasteiger partial charge is 0.313 e.